The van der Waals surface area contributed by atoms with E-state index < -0.39 is 0 Å². The van der Waals surface area contributed by atoms with Crippen LogP contribution in [0.3, 0.4) is 0 Å². The molecule has 0 unspecified atom stereocenters. The van der Waals surface area contributed by atoms with Crippen molar-refractivity contribution < 1.29 is 0 Å². The molecule has 0 fully saturated rings. The monoisotopic (exact) mass is 293 g/mol. The van der Waals surface area contributed by atoms with Crippen molar-refractivity contribution in [2.45, 2.75) is 13.8 Å². The third-order valence-electron chi connectivity index (χ3n) is 3.68. The summed E-state index contributed by atoms with van der Waals surface area (Å²) in [6.07, 6.45) is 0. The van der Waals surface area contributed by atoms with E-state index in [2.05, 4.69) is 52.6 Å². The molecule has 3 rings (SSSR count). The quantitative estimate of drug-likeness (QED) is 0.775. The predicted octanol–water partition coefficient (Wildman–Crippen LogP) is 3.39. The lowest BCUT2D eigenvalue weighted by molar-refractivity contribution is 1.16. The van der Waals surface area contributed by atoms with Gasteiger partial charge in [-0.2, -0.15) is 9.97 Å². The smallest absolute Gasteiger partial charge is 0.226 e. The Kier molecular flexibility index (Phi) is 3.63. The Morgan fingerprint density at radius 1 is 0.864 bits per heavy atom. The molecular weight excluding hydrogens is 274 g/mol. The van der Waals surface area contributed by atoms with Crippen LogP contribution in [0.4, 0.5) is 11.8 Å². The summed E-state index contributed by atoms with van der Waals surface area (Å²) in [5, 5.41) is 6.97. The Bertz CT molecular complexity index is 842. The molecule has 0 radical (unpaired) electrons. The van der Waals surface area contributed by atoms with E-state index in [1.165, 1.54) is 11.1 Å². The first-order valence-electron chi connectivity index (χ1n) is 7.24. The van der Waals surface area contributed by atoms with Gasteiger partial charge in [-0.1, -0.05) is 23.8 Å². The molecule has 0 amide bonds. The second-order valence-electron chi connectivity index (χ2n) is 5.28. The van der Waals surface area contributed by atoms with Crippen LogP contribution in [0.1, 0.15) is 11.1 Å². The summed E-state index contributed by atoms with van der Waals surface area (Å²) >= 11 is 0. The highest BCUT2D eigenvalue weighted by atomic mass is 15.1. The summed E-state index contributed by atoms with van der Waals surface area (Å²) in [5.74, 6) is 1.33. The summed E-state index contributed by atoms with van der Waals surface area (Å²) in [6, 6.07) is 10.4. The first kappa shape index (κ1) is 14.3. The summed E-state index contributed by atoms with van der Waals surface area (Å²) in [5.41, 5.74) is 5.19. The molecule has 22 heavy (non-hydrogen) atoms. The molecule has 0 atom stereocenters. The number of anilines is 2. The molecule has 3 aromatic rings. The zero-order valence-electron chi connectivity index (χ0n) is 13.2. The molecule has 0 spiro atoms. The van der Waals surface area contributed by atoms with Gasteiger partial charge in [0.25, 0.3) is 0 Å². The van der Waals surface area contributed by atoms with Crippen LogP contribution in [-0.4, -0.2) is 29.0 Å². The molecule has 1 aromatic carbocycles. The Labute approximate surface area is 129 Å². The molecule has 0 saturated heterocycles. The van der Waals surface area contributed by atoms with Gasteiger partial charge in [-0.05, 0) is 31.5 Å². The van der Waals surface area contributed by atoms with E-state index in [0.29, 0.717) is 11.6 Å². The number of aryl methyl sites for hydroxylation is 2. The molecule has 5 heteroatoms. The number of nitrogens with zero attached hydrogens (tertiary/aromatic N) is 3. The van der Waals surface area contributed by atoms with Gasteiger partial charge in [0.15, 0.2) is 5.65 Å². The second kappa shape index (κ2) is 5.60. The van der Waals surface area contributed by atoms with Crippen LogP contribution in [0.25, 0.3) is 22.3 Å². The lowest BCUT2D eigenvalue weighted by Crippen LogP contribution is -2.03. The van der Waals surface area contributed by atoms with Gasteiger partial charge >= 0.3 is 0 Å². The zero-order valence-corrected chi connectivity index (χ0v) is 13.2. The van der Waals surface area contributed by atoms with Gasteiger partial charge < -0.3 is 10.6 Å². The van der Waals surface area contributed by atoms with Crippen LogP contribution < -0.4 is 10.6 Å². The number of aromatic nitrogens is 3. The molecule has 0 aliphatic heterocycles. The van der Waals surface area contributed by atoms with E-state index in [9.17, 15) is 0 Å². The molecule has 0 saturated carbocycles. The Morgan fingerprint density at radius 3 is 2.36 bits per heavy atom. The normalized spacial score (nSPS) is 10.7. The van der Waals surface area contributed by atoms with Crippen LogP contribution in [0.2, 0.25) is 0 Å². The van der Waals surface area contributed by atoms with Crippen LogP contribution in [-0.2, 0) is 0 Å². The fraction of sp³-hybridized carbons (Fsp3) is 0.235. The summed E-state index contributed by atoms with van der Waals surface area (Å²) in [7, 11) is 3.65. The van der Waals surface area contributed by atoms with Gasteiger partial charge in [-0.15, -0.1) is 0 Å². The van der Waals surface area contributed by atoms with Gasteiger partial charge in [0.2, 0.25) is 5.95 Å². The maximum Gasteiger partial charge on any atom is 0.226 e. The second-order valence-corrected chi connectivity index (χ2v) is 5.28. The van der Waals surface area contributed by atoms with Crippen LogP contribution in [0.15, 0.2) is 30.3 Å². The maximum absolute atomic E-state index is 4.72. The van der Waals surface area contributed by atoms with E-state index in [1.54, 1.807) is 7.05 Å². The average Bonchev–Trinajstić information content (AvgIpc) is 2.53. The number of hydrogen-bond acceptors (Lipinski definition) is 5. The minimum Gasteiger partial charge on any atom is -0.372 e. The van der Waals surface area contributed by atoms with Crippen molar-refractivity contribution in [1.29, 1.82) is 0 Å². The molecular formula is C17H19N5. The van der Waals surface area contributed by atoms with Gasteiger partial charge in [-0.25, -0.2) is 4.98 Å². The lowest BCUT2D eigenvalue weighted by atomic mass is 10.0. The number of rotatable bonds is 3. The molecule has 0 aliphatic carbocycles. The minimum absolute atomic E-state index is 0.558. The van der Waals surface area contributed by atoms with Crippen LogP contribution in [0.5, 0.6) is 0 Å². The van der Waals surface area contributed by atoms with Crippen molar-refractivity contribution in [3.05, 3.63) is 41.5 Å². The fourth-order valence-corrected chi connectivity index (χ4v) is 2.56. The third-order valence-corrected chi connectivity index (χ3v) is 3.68. The van der Waals surface area contributed by atoms with E-state index >= 15 is 0 Å². The molecule has 2 aromatic heterocycles. The number of benzene rings is 1. The summed E-state index contributed by atoms with van der Waals surface area (Å²) < 4.78 is 0. The molecule has 2 N–H and O–H groups in total. The maximum atomic E-state index is 4.72. The van der Waals surface area contributed by atoms with Crippen molar-refractivity contribution >= 4 is 22.8 Å². The zero-order chi connectivity index (χ0) is 15.7. The molecule has 0 aliphatic rings. The van der Waals surface area contributed by atoms with E-state index in [-0.39, 0.29) is 0 Å². The molecule has 2 heterocycles. The predicted molar refractivity (Wildman–Crippen MR) is 91.3 cm³/mol. The van der Waals surface area contributed by atoms with Gasteiger partial charge in [-0.3, -0.25) is 0 Å². The fourth-order valence-electron chi connectivity index (χ4n) is 2.56. The standard InChI is InChI=1S/C17H19N5/c1-10-5-6-12(11(2)9-10)14-8-7-13-15(18-3)21-17(19-4)22-16(13)20-14/h5-9H,1-4H3,(H2,18,19,20,21,22). The average molecular weight is 293 g/mol. The van der Waals surface area contributed by atoms with Gasteiger partial charge in [0, 0.05) is 19.7 Å². The molecule has 5 nitrogen and oxygen atoms in total. The third kappa shape index (κ3) is 2.45. The van der Waals surface area contributed by atoms with Crippen LogP contribution >= 0.6 is 0 Å². The number of fused-ring (bicyclic) bond motifs is 1. The highest BCUT2D eigenvalue weighted by molar-refractivity contribution is 5.89. The number of hydrogen-bond donors (Lipinski definition) is 2. The summed E-state index contributed by atoms with van der Waals surface area (Å²) in [4.78, 5) is 13.6. The first-order valence-corrected chi connectivity index (χ1v) is 7.24. The van der Waals surface area contributed by atoms with Crippen molar-refractivity contribution in [3.8, 4) is 11.3 Å². The van der Waals surface area contributed by atoms with Gasteiger partial charge in [0.1, 0.15) is 5.82 Å². The Balaban J connectivity index is 2.20. The number of nitrogens with one attached hydrogen (secondary N) is 2. The highest BCUT2D eigenvalue weighted by Crippen LogP contribution is 2.27. The van der Waals surface area contributed by atoms with Crippen molar-refractivity contribution in [1.82, 2.24) is 15.0 Å². The topological polar surface area (TPSA) is 62.7 Å². The van der Waals surface area contributed by atoms with Crippen molar-refractivity contribution in [2.75, 3.05) is 24.7 Å². The summed E-state index contributed by atoms with van der Waals surface area (Å²) in [6.45, 7) is 4.20. The lowest BCUT2D eigenvalue weighted by Gasteiger charge is -2.10. The van der Waals surface area contributed by atoms with Gasteiger partial charge in [0.05, 0.1) is 11.1 Å². The van der Waals surface area contributed by atoms with E-state index in [0.717, 1.165) is 22.5 Å². The van der Waals surface area contributed by atoms with Crippen molar-refractivity contribution in [3.63, 3.8) is 0 Å². The number of pyridine rings is 1. The van der Waals surface area contributed by atoms with Crippen molar-refractivity contribution in [2.24, 2.45) is 0 Å². The molecule has 0 bridgehead atoms. The Morgan fingerprint density at radius 2 is 1.68 bits per heavy atom. The Hall–Kier alpha value is -2.69. The SMILES string of the molecule is CNc1nc(NC)c2ccc(-c3ccc(C)cc3C)nc2n1. The van der Waals surface area contributed by atoms with Crippen LogP contribution in [0, 0.1) is 13.8 Å². The molecule has 112 valence electrons. The van der Waals surface area contributed by atoms with E-state index in [4.69, 9.17) is 4.98 Å². The first-order chi connectivity index (χ1) is 10.6. The highest BCUT2D eigenvalue weighted by Gasteiger charge is 2.10. The van der Waals surface area contributed by atoms with E-state index in [1.807, 2.05) is 19.2 Å². The largest absolute Gasteiger partial charge is 0.372 e. The minimum atomic E-state index is 0.558.